The molecule has 0 fully saturated rings. The zero-order chi connectivity index (χ0) is 25.3. The van der Waals surface area contributed by atoms with Gasteiger partial charge in [0.1, 0.15) is 5.60 Å². The van der Waals surface area contributed by atoms with Crippen molar-refractivity contribution in [2.75, 3.05) is 14.2 Å². The molecule has 0 bridgehead atoms. The molecule has 8 nitrogen and oxygen atoms in total. The maximum Gasteiger partial charge on any atom is 0.407 e. The summed E-state index contributed by atoms with van der Waals surface area (Å²) >= 11 is 0. The van der Waals surface area contributed by atoms with Crippen LogP contribution in [0.1, 0.15) is 38.3 Å². The number of ether oxygens (including phenoxy) is 3. The zero-order valence-electron chi connectivity index (χ0n) is 20.4. The summed E-state index contributed by atoms with van der Waals surface area (Å²) in [4.78, 5) is 24.4. The van der Waals surface area contributed by atoms with Crippen LogP contribution in [0.4, 0.5) is 4.79 Å². The topological polar surface area (TPSA) is 114 Å². The number of carbonyl (C=O) groups excluding carboxylic acids is 1. The van der Waals surface area contributed by atoms with E-state index in [-0.39, 0.29) is 12.8 Å². The first kappa shape index (κ1) is 27.0. The van der Waals surface area contributed by atoms with Gasteiger partial charge in [0.2, 0.25) is 0 Å². The standard InChI is InChI=1S/C26H35NO7/c1-26(2,3)34-25(31)27-20(14-17-9-7-6-8-10-17)21(28)16-19(24(29)30)13-18-11-12-22(32-4)23(15-18)33-5/h6-12,15,19-21,28H,13-14,16H2,1-5H3,(H,27,31)(H,29,30)/t19-,20+,21+/m1/s1. The van der Waals surface area contributed by atoms with Gasteiger partial charge in [0, 0.05) is 0 Å². The first-order valence-electron chi connectivity index (χ1n) is 11.2. The van der Waals surface area contributed by atoms with Gasteiger partial charge in [0.25, 0.3) is 0 Å². The van der Waals surface area contributed by atoms with Crippen LogP contribution in [0.25, 0.3) is 0 Å². The Morgan fingerprint density at radius 1 is 0.941 bits per heavy atom. The van der Waals surface area contributed by atoms with E-state index in [9.17, 15) is 19.8 Å². The smallest absolute Gasteiger partial charge is 0.407 e. The van der Waals surface area contributed by atoms with Crippen LogP contribution in [0.5, 0.6) is 11.5 Å². The highest BCUT2D eigenvalue weighted by atomic mass is 16.6. The van der Waals surface area contributed by atoms with E-state index in [0.717, 1.165) is 11.1 Å². The highest BCUT2D eigenvalue weighted by molar-refractivity contribution is 5.71. The van der Waals surface area contributed by atoms with E-state index in [0.29, 0.717) is 17.9 Å². The average Bonchev–Trinajstić information content (AvgIpc) is 2.77. The number of amides is 1. The fraction of sp³-hybridized carbons (Fsp3) is 0.462. The Morgan fingerprint density at radius 3 is 2.15 bits per heavy atom. The van der Waals surface area contributed by atoms with Gasteiger partial charge < -0.3 is 29.7 Å². The minimum absolute atomic E-state index is 0.0586. The number of carboxylic acid groups (broad SMARTS) is 1. The highest BCUT2D eigenvalue weighted by Crippen LogP contribution is 2.29. The number of hydrogen-bond donors (Lipinski definition) is 3. The van der Waals surface area contributed by atoms with E-state index in [4.69, 9.17) is 14.2 Å². The second kappa shape index (κ2) is 12.3. The first-order valence-corrected chi connectivity index (χ1v) is 11.2. The van der Waals surface area contributed by atoms with Crippen LogP contribution in [-0.2, 0) is 22.4 Å². The molecule has 0 saturated heterocycles. The molecule has 0 radical (unpaired) electrons. The third-order valence-electron chi connectivity index (χ3n) is 5.27. The first-order chi connectivity index (χ1) is 16.0. The minimum atomic E-state index is -1.12. The fourth-order valence-corrected chi connectivity index (χ4v) is 3.63. The Balaban J connectivity index is 2.19. The van der Waals surface area contributed by atoms with Crippen molar-refractivity contribution in [2.24, 2.45) is 5.92 Å². The predicted molar refractivity (Wildman–Crippen MR) is 128 cm³/mol. The van der Waals surface area contributed by atoms with Crippen molar-refractivity contribution in [3.05, 3.63) is 59.7 Å². The summed E-state index contributed by atoms with van der Waals surface area (Å²) in [7, 11) is 3.04. The third-order valence-corrected chi connectivity index (χ3v) is 5.27. The van der Waals surface area contributed by atoms with Gasteiger partial charge in [-0.15, -0.1) is 0 Å². The molecule has 0 spiro atoms. The number of aliphatic carboxylic acids is 1. The number of alkyl carbamates (subject to hydrolysis) is 1. The van der Waals surface area contributed by atoms with Crippen LogP contribution >= 0.6 is 0 Å². The van der Waals surface area contributed by atoms with Crippen LogP contribution in [0.2, 0.25) is 0 Å². The third kappa shape index (κ3) is 8.59. The van der Waals surface area contributed by atoms with Crippen LogP contribution in [-0.4, -0.2) is 54.2 Å². The summed E-state index contributed by atoms with van der Waals surface area (Å²) in [6.45, 7) is 5.25. The summed E-state index contributed by atoms with van der Waals surface area (Å²) in [5, 5.41) is 23.6. The van der Waals surface area contributed by atoms with Gasteiger partial charge in [-0.3, -0.25) is 4.79 Å². The van der Waals surface area contributed by atoms with Gasteiger partial charge in [-0.2, -0.15) is 0 Å². The number of nitrogens with one attached hydrogen (secondary N) is 1. The van der Waals surface area contributed by atoms with Gasteiger partial charge in [-0.05, 0) is 63.3 Å². The second-order valence-corrected chi connectivity index (χ2v) is 9.17. The van der Waals surface area contributed by atoms with E-state index in [1.54, 1.807) is 39.0 Å². The Bertz CT molecular complexity index is 940. The van der Waals surface area contributed by atoms with Crippen molar-refractivity contribution in [2.45, 2.75) is 57.8 Å². The van der Waals surface area contributed by atoms with Crippen LogP contribution in [0, 0.1) is 5.92 Å². The lowest BCUT2D eigenvalue weighted by molar-refractivity contribution is -0.143. The maximum atomic E-state index is 12.4. The molecule has 34 heavy (non-hydrogen) atoms. The molecule has 0 aliphatic rings. The van der Waals surface area contributed by atoms with Crippen LogP contribution in [0.3, 0.4) is 0 Å². The quantitative estimate of drug-likeness (QED) is 0.454. The molecule has 2 aromatic carbocycles. The summed E-state index contributed by atoms with van der Waals surface area (Å²) in [6, 6.07) is 13.8. The van der Waals surface area contributed by atoms with Crippen molar-refractivity contribution < 1.29 is 34.0 Å². The molecule has 0 heterocycles. The molecule has 8 heteroatoms. The molecule has 0 aliphatic heterocycles. The number of carboxylic acids is 1. The lowest BCUT2D eigenvalue weighted by Gasteiger charge is -2.28. The van der Waals surface area contributed by atoms with Crippen LogP contribution < -0.4 is 14.8 Å². The zero-order valence-corrected chi connectivity index (χ0v) is 20.4. The number of methoxy groups -OCH3 is 2. The van der Waals surface area contributed by atoms with E-state index >= 15 is 0 Å². The molecule has 0 aromatic heterocycles. The number of aliphatic hydroxyl groups excluding tert-OH is 1. The summed E-state index contributed by atoms with van der Waals surface area (Å²) < 4.78 is 15.9. The van der Waals surface area contributed by atoms with E-state index in [1.807, 2.05) is 30.3 Å². The van der Waals surface area contributed by atoms with Gasteiger partial charge in [0.05, 0.1) is 32.3 Å². The van der Waals surface area contributed by atoms with Gasteiger partial charge in [-0.25, -0.2) is 4.79 Å². The molecule has 2 rings (SSSR count). The average molecular weight is 474 g/mol. The minimum Gasteiger partial charge on any atom is -0.493 e. The Hall–Kier alpha value is -3.26. The lowest BCUT2D eigenvalue weighted by Crippen LogP contribution is -2.47. The molecule has 0 unspecified atom stereocenters. The van der Waals surface area contributed by atoms with Gasteiger partial charge >= 0.3 is 12.1 Å². The maximum absolute atomic E-state index is 12.4. The number of aliphatic hydroxyl groups is 1. The van der Waals surface area contributed by atoms with Crippen molar-refractivity contribution in [3.8, 4) is 11.5 Å². The molecule has 186 valence electrons. The Morgan fingerprint density at radius 2 is 1.59 bits per heavy atom. The van der Waals surface area contributed by atoms with Gasteiger partial charge in [-0.1, -0.05) is 36.4 Å². The van der Waals surface area contributed by atoms with Gasteiger partial charge in [0.15, 0.2) is 11.5 Å². The number of hydrogen-bond acceptors (Lipinski definition) is 6. The summed E-state index contributed by atoms with van der Waals surface area (Å²) in [5.41, 5.74) is 0.926. The Labute approximate surface area is 200 Å². The Kier molecular flexibility index (Phi) is 9.74. The summed E-state index contributed by atoms with van der Waals surface area (Å²) in [6.07, 6.45) is -1.34. The van der Waals surface area contributed by atoms with Crippen molar-refractivity contribution in [3.63, 3.8) is 0 Å². The number of rotatable bonds is 11. The SMILES string of the molecule is COc1ccc(C[C@H](C[C@H](O)[C@H](Cc2ccccc2)NC(=O)OC(C)(C)C)C(=O)O)cc1OC. The molecule has 0 saturated carbocycles. The largest absolute Gasteiger partial charge is 0.493 e. The number of carbonyl (C=O) groups is 2. The van der Waals surface area contributed by atoms with Crippen molar-refractivity contribution in [1.29, 1.82) is 0 Å². The van der Waals surface area contributed by atoms with E-state index in [2.05, 4.69) is 5.32 Å². The molecule has 2 aromatic rings. The normalized spacial score (nSPS) is 13.9. The summed E-state index contributed by atoms with van der Waals surface area (Å²) in [5.74, 6) is -0.878. The molecular formula is C26H35NO7. The van der Waals surface area contributed by atoms with Crippen molar-refractivity contribution >= 4 is 12.1 Å². The van der Waals surface area contributed by atoms with Crippen molar-refractivity contribution in [1.82, 2.24) is 5.32 Å². The molecule has 1 amide bonds. The highest BCUT2D eigenvalue weighted by Gasteiger charge is 2.30. The van der Waals surface area contributed by atoms with Crippen LogP contribution in [0.15, 0.2) is 48.5 Å². The fourth-order valence-electron chi connectivity index (χ4n) is 3.63. The van der Waals surface area contributed by atoms with E-state index in [1.165, 1.54) is 14.2 Å². The molecule has 0 aliphatic carbocycles. The lowest BCUT2D eigenvalue weighted by atomic mass is 9.89. The molecule has 3 N–H and O–H groups in total. The predicted octanol–water partition coefficient (Wildman–Crippen LogP) is 3.83. The molecular weight excluding hydrogens is 438 g/mol. The monoisotopic (exact) mass is 473 g/mol. The number of benzene rings is 2. The van der Waals surface area contributed by atoms with E-state index < -0.39 is 35.7 Å². The molecule has 3 atom stereocenters. The second-order valence-electron chi connectivity index (χ2n) is 9.17.